The molecule has 0 fully saturated rings. The Labute approximate surface area is 129 Å². The molecule has 0 radical (unpaired) electrons. The highest BCUT2D eigenvalue weighted by Crippen LogP contribution is 2.20. The van der Waals surface area contributed by atoms with E-state index in [2.05, 4.69) is 31.2 Å². The second-order valence-corrected chi connectivity index (χ2v) is 6.63. The zero-order valence-corrected chi connectivity index (χ0v) is 13.7. The first kappa shape index (κ1) is 15.1. The van der Waals surface area contributed by atoms with Crippen molar-refractivity contribution in [2.75, 3.05) is 0 Å². The molecule has 1 heterocycles. The molecule has 0 spiro atoms. The van der Waals surface area contributed by atoms with Crippen molar-refractivity contribution < 1.29 is 4.39 Å². The fraction of sp³-hybridized carbons (Fsp3) is 0.308. The van der Waals surface area contributed by atoms with Gasteiger partial charge in [-0.15, -0.1) is 0 Å². The van der Waals surface area contributed by atoms with Crippen LogP contribution in [0.2, 0.25) is 0 Å². The summed E-state index contributed by atoms with van der Waals surface area (Å²) in [7, 11) is 0. The van der Waals surface area contributed by atoms with E-state index in [0.29, 0.717) is 16.2 Å². The maximum absolute atomic E-state index is 13.7. The quantitative estimate of drug-likeness (QED) is 0.652. The van der Waals surface area contributed by atoms with Crippen molar-refractivity contribution >= 4 is 34.4 Å². The van der Waals surface area contributed by atoms with Crippen molar-refractivity contribution in [2.45, 2.75) is 26.2 Å². The summed E-state index contributed by atoms with van der Waals surface area (Å²) in [5.41, 5.74) is 0.156. The lowest BCUT2D eigenvalue weighted by Crippen LogP contribution is -2.17. The molecule has 1 N–H and O–H groups in total. The van der Waals surface area contributed by atoms with Gasteiger partial charge < -0.3 is 0 Å². The van der Waals surface area contributed by atoms with E-state index in [0.717, 1.165) is 4.47 Å². The molecule has 0 aliphatic carbocycles. The molecule has 2 rings (SSSR count). The fourth-order valence-corrected chi connectivity index (χ4v) is 2.18. The second-order valence-electron chi connectivity index (χ2n) is 5.32. The summed E-state index contributed by atoms with van der Waals surface area (Å²) in [6.07, 6.45) is 1.43. The minimum absolute atomic E-state index is 0.222. The number of H-pyrrole nitrogens is 1. The van der Waals surface area contributed by atoms with Crippen molar-refractivity contribution in [2.24, 2.45) is 5.10 Å². The van der Waals surface area contributed by atoms with Crippen molar-refractivity contribution in [1.29, 1.82) is 0 Å². The summed E-state index contributed by atoms with van der Waals surface area (Å²) in [4.78, 5) is 0. The Hall–Kier alpha value is -1.34. The predicted octanol–water partition coefficient (Wildman–Crippen LogP) is 4.02. The van der Waals surface area contributed by atoms with E-state index in [1.165, 1.54) is 17.0 Å². The zero-order valence-electron chi connectivity index (χ0n) is 11.3. The lowest BCUT2D eigenvalue weighted by atomic mass is 9.96. The first-order valence-electron chi connectivity index (χ1n) is 5.96. The van der Waals surface area contributed by atoms with Crippen molar-refractivity contribution in [1.82, 2.24) is 14.9 Å². The summed E-state index contributed by atoms with van der Waals surface area (Å²) in [6, 6.07) is 4.67. The minimum atomic E-state index is -0.343. The average molecular weight is 357 g/mol. The highest BCUT2D eigenvalue weighted by atomic mass is 79.9. The lowest BCUT2D eigenvalue weighted by Gasteiger charge is -2.15. The third kappa shape index (κ3) is 3.21. The molecule has 0 atom stereocenters. The van der Waals surface area contributed by atoms with Crippen LogP contribution in [0, 0.1) is 10.6 Å². The summed E-state index contributed by atoms with van der Waals surface area (Å²) >= 11 is 8.45. The molecule has 4 nitrogen and oxygen atoms in total. The standard InChI is InChI=1S/C13H14BrFN4S/c1-13(2,3)11-17-18-12(20)19(11)16-7-8-6-9(14)4-5-10(8)15/h4-7H,1-3H3,(H,18,20)/b16-7-. The normalized spacial score (nSPS) is 12.2. The monoisotopic (exact) mass is 356 g/mol. The van der Waals surface area contributed by atoms with Gasteiger partial charge in [-0.1, -0.05) is 36.7 Å². The van der Waals surface area contributed by atoms with Gasteiger partial charge in [-0.3, -0.25) is 5.10 Å². The summed E-state index contributed by atoms with van der Waals surface area (Å²) in [5, 5.41) is 11.1. The van der Waals surface area contributed by atoms with E-state index in [9.17, 15) is 4.39 Å². The minimum Gasteiger partial charge on any atom is -0.250 e. The van der Waals surface area contributed by atoms with Crippen LogP contribution in [0.3, 0.4) is 0 Å². The maximum atomic E-state index is 13.7. The number of nitrogens with one attached hydrogen (secondary N) is 1. The van der Waals surface area contributed by atoms with Crippen molar-refractivity contribution in [3.63, 3.8) is 0 Å². The Balaban J connectivity index is 2.45. The van der Waals surface area contributed by atoms with Gasteiger partial charge in [0.1, 0.15) is 5.82 Å². The van der Waals surface area contributed by atoms with Gasteiger partial charge in [-0.25, -0.2) is 4.39 Å². The molecule has 0 aliphatic heterocycles. The molecule has 0 unspecified atom stereocenters. The molecule has 1 aromatic carbocycles. The Bertz CT molecular complexity index is 712. The fourth-order valence-electron chi connectivity index (χ4n) is 1.62. The number of aromatic amines is 1. The highest BCUT2D eigenvalue weighted by Gasteiger charge is 2.21. The number of benzene rings is 1. The molecule has 1 aromatic heterocycles. The number of aromatic nitrogens is 3. The molecule has 106 valence electrons. The molecular weight excluding hydrogens is 343 g/mol. The smallest absolute Gasteiger partial charge is 0.216 e. The van der Waals surface area contributed by atoms with Crippen LogP contribution in [-0.2, 0) is 5.41 Å². The molecule has 0 bridgehead atoms. The van der Waals surface area contributed by atoms with Crippen LogP contribution in [0.1, 0.15) is 32.2 Å². The largest absolute Gasteiger partial charge is 0.250 e. The van der Waals surface area contributed by atoms with Crippen LogP contribution < -0.4 is 0 Å². The number of hydrogen-bond acceptors (Lipinski definition) is 3. The van der Waals surface area contributed by atoms with Crippen molar-refractivity contribution in [3.8, 4) is 0 Å². The highest BCUT2D eigenvalue weighted by molar-refractivity contribution is 9.10. The predicted molar refractivity (Wildman–Crippen MR) is 83.2 cm³/mol. The first-order chi connectivity index (χ1) is 9.29. The van der Waals surface area contributed by atoms with E-state index in [1.54, 1.807) is 12.1 Å². The SMILES string of the molecule is CC(C)(C)c1n[nH]c(=S)n1/N=C\c1cc(Br)ccc1F. The molecule has 0 saturated heterocycles. The summed E-state index contributed by atoms with van der Waals surface area (Å²) in [5.74, 6) is 0.346. The van der Waals surface area contributed by atoms with Gasteiger partial charge in [0.2, 0.25) is 4.77 Å². The Morgan fingerprint density at radius 3 is 2.80 bits per heavy atom. The molecule has 0 saturated carbocycles. The van der Waals surface area contributed by atoms with Crippen molar-refractivity contribution in [3.05, 3.63) is 44.6 Å². The van der Waals surface area contributed by atoms with Crippen LogP contribution in [0.15, 0.2) is 27.8 Å². The van der Waals surface area contributed by atoms with Crippen LogP contribution >= 0.6 is 28.1 Å². The van der Waals surface area contributed by atoms with Crippen LogP contribution in [0.25, 0.3) is 0 Å². The number of hydrogen-bond donors (Lipinski definition) is 1. The third-order valence-corrected chi connectivity index (χ3v) is 3.35. The van der Waals surface area contributed by atoms with Gasteiger partial charge in [0, 0.05) is 15.5 Å². The van der Waals surface area contributed by atoms with Gasteiger partial charge in [0.15, 0.2) is 5.82 Å². The Kier molecular flexibility index (Phi) is 4.19. The second kappa shape index (κ2) is 5.57. The van der Waals surface area contributed by atoms with E-state index in [4.69, 9.17) is 12.2 Å². The number of rotatable bonds is 2. The molecule has 7 heteroatoms. The first-order valence-corrected chi connectivity index (χ1v) is 7.16. The molecule has 0 aliphatic rings. The van der Waals surface area contributed by atoms with E-state index >= 15 is 0 Å². The average Bonchev–Trinajstić information content (AvgIpc) is 2.72. The summed E-state index contributed by atoms with van der Waals surface area (Å²) < 4.78 is 16.3. The van der Waals surface area contributed by atoms with E-state index in [-0.39, 0.29) is 11.2 Å². The Morgan fingerprint density at radius 2 is 2.15 bits per heavy atom. The topological polar surface area (TPSA) is 46.0 Å². The molecule has 0 amide bonds. The summed E-state index contributed by atoms with van der Waals surface area (Å²) in [6.45, 7) is 6.01. The van der Waals surface area contributed by atoms with Gasteiger partial charge in [-0.2, -0.15) is 14.9 Å². The third-order valence-electron chi connectivity index (χ3n) is 2.59. The van der Waals surface area contributed by atoms with Gasteiger partial charge in [0.25, 0.3) is 0 Å². The Morgan fingerprint density at radius 1 is 1.45 bits per heavy atom. The molecule has 2 aromatic rings. The van der Waals surface area contributed by atoms with Gasteiger partial charge >= 0.3 is 0 Å². The number of nitrogens with zero attached hydrogens (tertiary/aromatic N) is 3. The van der Waals surface area contributed by atoms with Crippen LogP contribution in [-0.4, -0.2) is 21.1 Å². The maximum Gasteiger partial charge on any atom is 0.216 e. The molecular formula is C13H14BrFN4S. The van der Waals surface area contributed by atoms with Crippen LogP contribution in [0.4, 0.5) is 4.39 Å². The van der Waals surface area contributed by atoms with Gasteiger partial charge in [-0.05, 0) is 30.4 Å². The number of halogens is 2. The lowest BCUT2D eigenvalue weighted by molar-refractivity contribution is 0.516. The van der Waals surface area contributed by atoms with Crippen LogP contribution in [0.5, 0.6) is 0 Å². The van der Waals surface area contributed by atoms with Gasteiger partial charge in [0.05, 0.1) is 6.21 Å². The molecule has 20 heavy (non-hydrogen) atoms. The van der Waals surface area contributed by atoms with E-state index in [1.807, 2.05) is 20.8 Å². The van der Waals surface area contributed by atoms with E-state index < -0.39 is 0 Å². The zero-order chi connectivity index (χ0) is 14.9.